The molecule has 0 N–H and O–H groups in total. The summed E-state index contributed by atoms with van der Waals surface area (Å²) in [5, 5.41) is 0. The molecule has 0 aromatic heterocycles. The van der Waals surface area contributed by atoms with Crippen LogP contribution in [0.3, 0.4) is 0 Å². The van der Waals surface area contributed by atoms with Crippen LogP contribution in [0.25, 0.3) is 0 Å². The van der Waals surface area contributed by atoms with E-state index in [1.54, 1.807) is 0 Å². The van der Waals surface area contributed by atoms with Crippen LogP contribution in [0.15, 0.2) is 0 Å². The summed E-state index contributed by atoms with van der Waals surface area (Å²) in [6.45, 7) is 7.24. The Morgan fingerprint density at radius 1 is 1.36 bits per heavy atom. The number of nitrogens with zero attached hydrogens (tertiary/aromatic N) is 1. The molecule has 0 unspecified atom stereocenters. The van der Waals surface area contributed by atoms with Crippen molar-refractivity contribution in [3.63, 3.8) is 0 Å². The molecule has 0 saturated carbocycles. The fourth-order valence-corrected chi connectivity index (χ4v) is 1.61. The van der Waals surface area contributed by atoms with Crippen molar-refractivity contribution in [1.29, 1.82) is 0 Å². The minimum Gasteiger partial charge on any atom is -0.462 e. The van der Waals surface area contributed by atoms with Crippen molar-refractivity contribution < 1.29 is 9.53 Å². The highest BCUT2D eigenvalue weighted by Gasteiger charge is 2.20. The largest absolute Gasteiger partial charge is 0.462 e. The monoisotopic (exact) mass is 221 g/mol. The molecule has 0 atom stereocenters. The van der Waals surface area contributed by atoms with E-state index in [-0.39, 0.29) is 24.5 Å². The Balaban J connectivity index is 0.00000169. The molecule has 84 valence electrons. The first-order valence-corrected chi connectivity index (χ1v) is 5.18. The average molecular weight is 222 g/mol. The van der Waals surface area contributed by atoms with Crippen molar-refractivity contribution in [2.24, 2.45) is 0 Å². The van der Waals surface area contributed by atoms with Crippen LogP contribution in [0.4, 0.5) is 0 Å². The standard InChI is InChI=1S/C10H19NO2.ClH/c1-3-10(12)13-9-5-7-11(4-2)8-6-9;/h9H,3-8H2,1-2H3;1H. The molecular weight excluding hydrogens is 202 g/mol. The van der Waals surface area contributed by atoms with Crippen molar-refractivity contribution in [3.05, 3.63) is 0 Å². The third-order valence-corrected chi connectivity index (χ3v) is 2.57. The van der Waals surface area contributed by atoms with Gasteiger partial charge in [0.1, 0.15) is 6.10 Å². The highest BCUT2D eigenvalue weighted by molar-refractivity contribution is 5.85. The molecule has 0 aromatic carbocycles. The number of esters is 1. The second-order valence-electron chi connectivity index (χ2n) is 3.48. The second kappa shape index (κ2) is 7.07. The lowest BCUT2D eigenvalue weighted by atomic mass is 10.1. The molecule has 0 aliphatic carbocycles. The molecule has 14 heavy (non-hydrogen) atoms. The van der Waals surface area contributed by atoms with E-state index in [0.29, 0.717) is 6.42 Å². The number of ether oxygens (including phenoxy) is 1. The summed E-state index contributed by atoms with van der Waals surface area (Å²) < 4.78 is 5.27. The molecule has 0 aromatic rings. The van der Waals surface area contributed by atoms with Crippen LogP contribution in [0.5, 0.6) is 0 Å². The summed E-state index contributed by atoms with van der Waals surface area (Å²) in [6, 6.07) is 0. The molecule has 0 amide bonds. The van der Waals surface area contributed by atoms with Crippen molar-refractivity contribution in [2.45, 2.75) is 39.2 Å². The lowest BCUT2D eigenvalue weighted by Crippen LogP contribution is -2.37. The summed E-state index contributed by atoms with van der Waals surface area (Å²) in [6.07, 6.45) is 2.67. The normalized spacial score (nSPS) is 18.7. The van der Waals surface area contributed by atoms with E-state index in [2.05, 4.69) is 11.8 Å². The van der Waals surface area contributed by atoms with Crippen molar-refractivity contribution in [1.82, 2.24) is 4.90 Å². The van der Waals surface area contributed by atoms with E-state index in [0.717, 1.165) is 32.5 Å². The highest BCUT2D eigenvalue weighted by Crippen LogP contribution is 2.13. The number of likely N-dealkylation sites (tertiary alicyclic amines) is 1. The molecule has 1 fully saturated rings. The van der Waals surface area contributed by atoms with E-state index < -0.39 is 0 Å². The molecular formula is C10H20ClNO2. The maximum Gasteiger partial charge on any atom is 0.305 e. The van der Waals surface area contributed by atoms with Crippen molar-refractivity contribution in [3.8, 4) is 0 Å². The number of piperidine rings is 1. The van der Waals surface area contributed by atoms with Gasteiger partial charge in [-0.1, -0.05) is 13.8 Å². The van der Waals surface area contributed by atoms with Crippen LogP contribution < -0.4 is 0 Å². The molecule has 1 aliphatic rings. The minimum absolute atomic E-state index is 0. The number of hydrogen-bond donors (Lipinski definition) is 0. The van der Waals surface area contributed by atoms with E-state index in [4.69, 9.17) is 4.74 Å². The summed E-state index contributed by atoms with van der Waals surface area (Å²) >= 11 is 0. The Labute approximate surface area is 92.2 Å². The van der Waals surface area contributed by atoms with Gasteiger partial charge < -0.3 is 9.64 Å². The van der Waals surface area contributed by atoms with Gasteiger partial charge in [-0.15, -0.1) is 12.4 Å². The second-order valence-corrected chi connectivity index (χ2v) is 3.48. The zero-order valence-electron chi connectivity index (χ0n) is 8.99. The Morgan fingerprint density at radius 2 is 1.93 bits per heavy atom. The van der Waals surface area contributed by atoms with E-state index in [1.165, 1.54) is 0 Å². The molecule has 1 saturated heterocycles. The Morgan fingerprint density at radius 3 is 2.36 bits per heavy atom. The van der Waals surface area contributed by atoms with Gasteiger partial charge >= 0.3 is 5.97 Å². The van der Waals surface area contributed by atoms with Gasteiger partial charge in [0, 0.05) is 19.5 Å². The van der Waals surface area contributed by atoms with Gasteiger partial charge in [0.25, 0.3) is 0 Å². The van der Waals surface area contributed by atoms with Gasteiger partial charge in [-0.2, -0.15) is 0 Å². The molecule has 1 rings (SSSR count). The minimum atomic E-state index is -0.0602. The number of rotatable bonds is 3. The lowest BCUT2D eigenvalue weighted by molar-refractivity contribution is -0.150. The van der Waals surface area contributed by atoms with Crippen LogP contribution in [-0.4, -0.2) is 36.6 Å². The lowest BCUT2D eigenvalue weighted by Gasteiger charge is -2.30. The highest BCUT2D eigenvalue weighted by atomic mass is 35.5. The first-order chi connectivity index (χ1) is 6.26. The number of halogens is 1. The molecule has 0 radical (unpaired) electrons. The molecule has 3 nitrogen and oxygen atoms in total. The first-order valence-electron chi connectivity index (χ1n) is 5.18. The van der Waals surface area contributed by atoms with Gasteiger partial charge in [-0.25, -0.2) is 0 Å². The zero-order chi connectivity index (χ0) is 9.68. The third kappa shape index (κ3) is 4.29. The van der Waals surface area contributed by atoms with Crippen LogP contribution >= 0.6 is 12.4 Å². The third-order valence-electron chi connectivity index (χ3n) is 2.57. The molecule has 1 heterocycles. The van der Waals surface area contributed by atoms with E-state index >= 15 is 0 Å². The fourth-order valence-electron chi connectivity index (χ4n) is 1.61. The fraction of sp³-hybridized carbons (Fsp3) is 0.900. The molecule has 1 aliphatic heterocycles. The summed E-state index contributed by atoms with van der Waals surface area (Å²) in [4.78, 5) is 13.4. The number of hydrogen-bond acceptors (Lipinski definition) is 3. The van der Waals surface area contributed by atoms with Crippen molar-refractivity contribution >= 4 is 18.4 Å². The van der Waals surface area contributed by atoms with E-state index in [1.807, 2.05) is 6.92 Å². The predicted molar refractivity (Wildman–Crippen MR) is 58.8 cm³/mol. The SMILES string of the molecule is CCC(=O)OC1CCN(CC)CC1.Cl. The van der Waals surface area contributed by atoms with Crippen LogP contribution in [0, 0.1) is 0 Å². The first kappa shape index (κ1) is 13.7. The van der Waals surface area contributed by atoms with Crippen LogP contribution in [0.2, 0.25) is 0 Å². The summed E-state index contributed by atoms with van der Waals surface area (Å²) in [7, 11) is 0. The Kier molecular flexibility index (Phi) is 6.93. The average Bonchev–Trinajstić information content (AvgIpc) is 2.19. The summed E-state index contributed by atoms with van der Waals surface area (Å²) in [5.74, 6) is -0.0602. The molecule has 0 spiro atoms. The van der Waals surface area contributed by atoms with Crippen molar-refractivity contribution in [2.75, 3.05) is 19.6 Å². The smallest absolute Gasteiger partial charge is 0.305 e. The Hall–Kier alpha value is -0.280. The van der Waals surface area contributed by atoms with Gasteiger partial charge in [0.15, 0.2) is 0 Å². The summed E-state index contributed by atoms with van der Waals surface area (Å²) in [5.41, 5.74) is 0. The quantitative estimate of drug-likeness (QED) is 0.682. The predicted octanol–water partition coefficient (Wildman–Crippen LogP) is 1.85. The van der Waals surface area contributed by atoms with Gasteiger partial charge in [0.05, 0.1) is 0 Å². The topological polar surface area (TPSA) is 29.5 Å². The number of carbonyl (C=O) groups excluding carboxylic acids is 1. The van der Waals surface area contributed by atoms with Gasteiger partial charge in [0.2, 0.25) is 0 Å². The Bertz CT molecular complexity index is 168. The van der Waals surface area contributed by atoms with E-state index in [9.17, 15) is 4.79 Å². The molecule has 0 bridgehead atoms. The van der Waals surface area contributed by atoms with Gasteiger partial charge in [-0.3, -0.25) is 4.79 Å². The zero-order valence-corrected chi connectivity index (χ0v) is 9.81. The van der Waals surface area contributed by atoms with Crippen LogP contribution in [0.1, 0.15) is 33.1 Å². The van der Waals surface area contributed by atoms with Gasteiger partial charge in [-0.05, 0) is 19.4 Å². The maximum atomic E-state index is 11.0. The maximum absolute atomic E-state index is 11.0. The number of carbonyl (C=O) groups is 1. The molecule has 4 heteroatoms. The van der Waals surface area contributed by atoms with Crippen LogP contribution in [-0.2, 0) is 9.53 Å².